The number of hydrogen-bond acceptors (Lipinski definition) is 5. The van der Waals surface area contributed by atoms with Crippen molar-refractivity contribution in [1.82, 2.24) is 9.97 Å². The van der Waals surface area contributed by atoms with Crippen molar-refractivity contribution in [2.24, 2.45) is 11.5 Å². The third-order valence-electron chi connectivity index (χ3n) is 4.77. The van der Waals surface area contributed by atoms with Crippen LogP contribution in [0.4, 0.5) is 26.3 Å². The maximum Gasteiger partial charge on any atom is 0.433 e. The van der Waals surface area contributed by atoms with E-state index in [2.05, 4.69) is 15.7 Å². The van der Waals surface area contributed by atoms with Crippen LogP contribution in [0.2, 0.25) is 0 Å². The molecule has 3 aromatic rings. The Morgan fingerprint density at radius 2 is 1.53 bits per heavy atom. The van der Waals surface area contributed by atoms with Gasteiger partial charge in [0, 0.05) is 29.1 Å². The van der Waals surface area contributed by atoms with E-state index in [1.165, 1.54) is 19.2 Å². The van der Waals surface area contributed by atoms with Crippen molar-refractivity contribution in [2.45, 2.75) is 45.6 Å². The van der Waals surface area contributed by atoms with Crippen LogP contribution in [0.3, 0.4) is 0 Å². The average molecular weight is 515 g/mol. The molecule has 0 aliphatic rings. The van der Waals surface area contributed by atoms with Crippen LogP contribution in [-0.4, -0.2) is 29.0 Å². The highest BCUT2D eigenvalue weighted by Crippen LogP contribution is 2.34. The Bertz CT molecular complexity index is 1110. The first-order chi connectivity index (χ1) is 16.9. The summed E-state index contributed by atoms with van der Waals surface area (Å²) >= 11 is 0. The molecule has 1 aromatic carbocycles. The fourth-order valence-electron chi connectivity index (χ4n) is 2.97. The van der Waals surface area contributed by atoms with Gasteiger partial charge in [0.2, 0.25) is 0 Å². The van der Waals surface area contributed by atoms with E-state index >= 15 is 0 Å². The van der Waals surface area contributed by atoms with Gasteiger partial charge in [0.05, 0.1) is 5.69 Å². The summed E-state index contributed by atoms with van der Waals surface area (Å²) in [5, 5.41) is 0. The Morgan fingerprint density at radius 3 is 1.97 bits per heavy atom. The number of nitrogens with zero attached hydrogens (tertiary/aromatic N) is 2. The van der Waals surface area contributed by atoms with Gasteiger partial charge in [-0.2, -0.15) is 26.3 Å². The topological polar surface area (TPSA) is 94.9 Å². The Kier molecular flexibility index (Phi) is 11.2. The highest BCUT2D eigenvalue weighted by molar-refractivity contribution is 6.09. The standard InChI is InChI=1S/C22H17F6N3O.C2H6.CH5N/c1-2-12-3-5-17(30-10-12)14-7-15(9-16(8-14)20(29)22(26,27)28)19(32)13-4-6-18(31-11-13)21(23,24)25;2*1-2/h3-11,20H,2,29H2,1H3;1-2H3;2H2,1H3. The predicted molar refractivity (Wildman–Crippen MR) is 126 cm³/mol. The minimum absolute atomic E-state index is 0.180. The molecule has 0 saturated carbocycles. The highest BCUT2D eigenvalue weighted by Gasteiger charge is 2.38. The zero-order valence-corrected chi connectivity index (χ0v) is 20.2. The number of ketones is 1. The van der Waals surface area contributed by atoms with Gasteiger partial charge in [-0.1, -0.05) is 26.8 Å². The quantitative estimate of drug-likeness (QED) is 0.316. The van der Waals surface area contributed by atoms with E-state index in [-0.39, 0.29) is 22.3 Å². The number of aryl methyl sites for hydroxylation is 1. The van der Waals surface area contributed by atoms with E-state index in [0.29, 0.717) is 18.2 Å². The van der Waals surface area contributed by atoms with Crippen molar-refractivity contribution in [3.05, 3.63) is 82.8 Å². The number of halogens is 6. The molecule has 0 fully saturated rings. The van der Waals surface area contributed by atoms with Crippen molar-refractivity contribution in [2.75, 3.05) is 7.05 Å². The third kappa shape index (κ3) is 7.85. The predicted octanol–water partition coefficient (Wildman–Crippen LogP) is 6.12. The molecule has 0 saturated heterocycles. The summed E-state index contributed by atoms with van der Waals surface area (Å²) in [4.78, 5) is 20.3. The molecular weight excluding hydrogens is 486 g/mol. The Hall–Kier alpha value is -3.31. The number of rotatable bonds is 5. The molecular formula is C25H28F6N4O. The number of carbonyl (C=O) groups excluding carboxylic acids is 1. The molecule has 1 atom stereocenters. The SMILES string of the molecule is CC.CCc1ccc(-c2cc(C(=O)c3ccc(C(F)(F)F)nc3)cc(C(N)C(F)(F)F)c2)nc1.CN. The van der Waals surface area contributed by atoms with Crippen LogP contribution in [-0.2, 0) is 12.6 Å². The number of alkyl halides is 6. The van der Waals surface area contributed by atoms with Crippen LogP contribution in [0.1, 0.15) is 59.6 Å². The number of benzene rings is 1. The van der Waals surface area contributed by atoms with Gasteiger partial charge in [0.15, 0.2) is 5.78 Å². The van der Waals surface area contributed by atoms with Gasteiger partial charge >= 0.3 is 12.4 Å². The van der Waals surface area contributed by atoms with Crippen LogP contribution in [0, 0.1) is 0 Å². The molecule has 0 aliphatic heterocycles. The maximum absolute atomic E-state index is 13.2. The third-order valence-corrected chi connectivity index (χ3v) is 4.77. The van der Waals surface area contributed by atoms with Gasteiger partial charge in [-0.05, 0) is 61.0 Å². The smallest absolute Gasteiger partial charge is 0.333 e. The zero-order chi connectivity index (χ0) is 27.7. The van der Waals surface area contributed by atoms with E-state index in [9.17, 15) is 31.1 Å². The lowest BCUT2D eigenvalue weighted by molar-refractivity contribution is -0.149. The van der Waals surface area contributed by atoms with E-state index in [0.717, 1.165) is 23.9 Å². The van der Waals surface area contributed by atoms with Gasteiger partial charge in [0.1, 0.15) is 11.7 Å². The Balaban J connectivity index is 0.00000154. The minimum Gasteiger partial charge on any atom is -0.333 e. The maximum atomic E-state index is 13.2. The van der Waals surface area contributed by atoms with Crippen LogP contribution >= 0.6 is 0 Å². The average Bonchev–Trinajstić information content (AvgIpc) is 2.89. The summed E-state index contributed by atoms with van der Waals surface area (Å²) in [6.07, 6.45) is -6.46. The number of hydrogen-bond donors (Lipinski definition) is 2. The van der Waals surface area contributed by atoms with E-state index in [1.807, 2.05) is 20.8 Å². The Morgan fingerprint density at radius 1 is 0.889 bits per heavy atom. The van der Waals surface area contributed by atoms with Crippen molar-refractivity contribution in [3.63, 3.8) is 0 Å². The number of aromatic nitrogens is 2. The summed E-state index contributed by atoms with van der Waals surface area (Å²) in [6, 6.07) is 6.02. The van der Waals surface area contributed by atoms with Gasteiger partial charge in [-0.3, -0.25) is 14.8 Å². The van der Waals surface area contributed by atoms with E-state index in [1.54, 1.807) is 18.3 Å². The van der Waals surface area contributed by atoms with Crippen LogP contribution in [0.15, 0.2) is 54.9 Å². The second-order valence-corrected chi connectivity index (χ2v) is 7.03. The van der Waals surface area contributed by atoms with E-state index < -0.39 is 29.9 Å². The lowest BCUT2D eigenvalue weighted by Crippen LogP contribution is -2.28. The van der Waals surface area contributed by atoms with Crippen LogP contribution in [0.25, 0.3) is 11.3 Å². The lowest BCUT2D eigenvalue weighted by atomic mass is 9.94. The number of nitrogens with two attached hydrogens (primary N) is 2. The summed E-state index contributed by atoms with van der Waals surface area (Å²) in [5.41, 5.74) is 9.33. The zero-order valence-electron chi connectivity index (χ0n) is 20.2. The summed E-state index contributed by atoms with van der Waals surface area (Å²) in [5.74, 6) is -0.797. The second kappa shape index (κ2) is 13.1. The van der Waals surface area contributed by atoms with Crippen molar-refractivity contribution in [3.8, 4) is 11.3 Å². The summed E-state index contributed by atoms with van der Waals surface area (Å²) in [6.45, 7) is 5.91. The summed E-state index contributed by atoms with van der Waals surface area (Å²) in [7, 11) is 1.50. The molecule has 2 aromatic heterocycles. The number of carbonyl (C=O) groups is 1. The highest BCUT2D eigenvalue weighted by atomic mass is 19.4. The van der Waals surface area contributed by atoms with Crippen molar-refractivity contribution in [1.29, 1.82) is 0 Å². The lowest BCUT2D eigenvalue weighted by Gasteiger charge is -2.18. The molecule has 196 valence electrons. The van der Waals surface area contributed by atoms with Crippen LogP contribution < -0.4 is 11.5 Å². The molecule has 36 heavy (non-hydrogen) atoms. The Labute approximate surface area is 205 Å². The van der Waals surface area contributed by atoms with Crippen LogP contribution in [0.5, 0.6) is 0 Å². The molecule has 2 heterocycles. The normalized spacial score (nSPS) is 12.0. The molecule has 0 bridgehead atoms. The minimum atomic E-state index is -4.77. The molecule has 3 rings (SSSR count). The molecule has 0 aliphatic carbocycles. The largest absolute Gasteiger partial charge is 0.433 e. The van der Waals surface area contributed by atoms with Crippen molar-refractivity contribution < 1.29 is 31.1 Å². The van der Waals surface area contributed by atoms with Gasteiger partial charge in [-0.25, -0.2) is 0 Å². The van der Waals surface area contributed by atoms with Crippen molar-refractivity contribution >= 4 is 5.78 Å². The summed E-state index contributed by atoms with van der Waals surface area (Å²) < 4.78 is 77.9. The first-order valence-corrected chi connectivity index (χ1v) is 11.0. The number of pyridine rings is 2. The van der Waals surface area contributed by atoms with Gasteiger partial charge in [-0.15, -0.1) is 0 Å². The fraction of sp³-hybridized carbons (Fsp3) is 0.320. The molecule has 0 spiro atoms. The van der Waals surface area contributed by atoms with E-state index in [4.69, 9.17) is 5.73 Å². The first-order valence-electron chi connectivity index (χ1n) is 11.0. The molecule has 5 nitrogen and oxygen atoms in total. The molecule has 4 N–H and O–H groups in total. The first kappa shape index (κ1) is 30.7. The molecule has 11 heteroatoms. The molecule has 0 radical (unpaired) electrons. The van der Waals surface area contributed by atoms with Gasteiger partial charge < -0.3 is 11.5 Å². The monoisotopic (exact) mass is 514 g/mol. The molecule has 1 unspecified atom stereocenters. The fourth-order valence-corrected chi connectivity index (χ4v) is 2.97. The second-order valence-electron chi connectivity index (χ2n) is 7.03. The molecule has 0 amide bonds. The van der Waals surface area contributed by atoms with Gasteiger partial charge in [0.25, 0.3) is 0 Å².